The summed E-state index contributed by atoms with van der Waals surface area (Å²) in [6.07, 6.45) is 0. The zero-order chi connectivity index (χ0) is 14.0. The van der Waals surface area contributed by atoms with Gasteiger partial charge in [-0.3, -0.25) is 0 Å². The van der Waals surface area contributed by atoms with E-state index in [1.807, 2.05) is 31.2 Å². The van der Waals surface area contributed by atoms with Crippen molar-refractivity contribution in [3.05, 3.63) is 47.0 Å². The minimum Gasteiger partial charge on any atom is -0.495 e. The minimum absolute atomic E-state index is 0.729. The SMILES string of the molecule is COc1cc(C)cc(C)c1Nc1cc(C)ccc1N. The summed E-state index contributed by atoms with van der Waals surface area (Å²) in [5.74, 6) is 0.832. The highest BCUT2D eigenvalue weighted by Gasteiger charge is 2.09. The lowest BCUT2D eigenvalue weighted by Gasteiger charge is -2.16. The van der Waals surface area contributed by atoms with Gasteiger partial charge in [0.05, 0.1) is 24.2 Å². The van der Waals surface area contributed by atoms with Gasteiger partial charge in [-0.1, -0.05) is 12.1 Å². The van der Waals surface area contributed by atoms with Crippen molar-refractivity contribution in [3.63, 3.8) is 0 Å². The van der Waals surface area contributed by atoms with Gasteiger partial charge in [0.1, 0.15) is 5.75 Å². The third kappa shape index (κ3) is 2.81. The standard InChI is InChI=1S/C16H20N2O/c1-10-5-6-13(17)14(8-10)18-16-12(3)7-11(2)9-15(16)19-4/h5-9,18H,17H2,1-4H3. The molecule has 0 spiro atoms. The number of aryl methyl sites for hydroxylation is 3. The Bertz CT molecular complexity index is 606. The van der Waals surface area contributed by atoms with Gasteiger partial charge in [-0.05, 0) is 55.7 Å². The van der Waals surface area contributed by atoms with Gasteiger partial charge < -0.3 is 15.8 Å². The average Bonchev–Trinajstić information content (AvgIpc) is 2.36. The predicted octanol–water partition coefficient (Wildman–Crippen LogP) is 3.95. The molecular weight excluding hydrogens is 236 g/mol. The fourth-order valence-electron chi connectivity index (χ4n) is 2.16. The highest BCUT2D eigenvalue weighted by Crippen LogP contribution is 2.34. The van der Waals surface area contributed by atoms with Crippen molar-refractivity contribution in [2.24, 2.45) is 0 Å². The van der Waals surface area contributed by atoms with E-state index in [-0.39, 0.29) is 0 Å². The van der Waals surface area contributed by atoms with Gasteiger partial charge in [0, 0.05) is 0 Å². The highest BCUT2D eigenvalue weighted by molar-refractivity contribution is 5.77. The minimum atomic E-state index is 0.729. The Labute approximate surface area is 114 Å². The zero-order valence-electron chi connectivity index (χ0n) is 11.9. The number of hydrogen-bond donors (Lipinski definition) is 2. The molecule has 3 nitrogen and oxygen atoms in total. The Morgan fingerprint density at radius 2 is 1.74 bits per heavy atom. The third-order valence-electron chi connectivity index (χ3n) is 3.13. The van der Waals surface area contributed by atoms with Crippen LogP contribution in [0.2, 0.25) is 0 Å². The summed E-state index contributed by atoms with van der Waals surface area (Å²) in [5.41, 5.74) is 12.1. The molecule has 0 aliphatic rings. The summed E-state index contributed by atoms with van der Waals surface area (Å²) < 4.78 is 5.45. The van der Waals surface area contributed by atoms with Crippen LogP contribution in [0.5, 0.6) is 5.75 Å². The Hall–Kier alpha value is -2.16. The second-order valence-electron chi connectivity index (χ2n) is 4.87. The first kappa shape index (κ1) is 13.3. The topological polar surface area (TPSA) is 47.3 Å². The number of methoxy groups -OCH3 is 1. The number of ether oxygens (including phenoxy) is 1. The van der Waals surface area contributed by atoms with Gasteiger partial charge in [-0.15, -0.1) is 0 Å². The fourth-order valence-corrected chi connectivity index (χ4v) is 2.16. The van der Waals surface area contributed by atoms with Crippen molar-refractivity contribution < 1.29 is 4.74 Å². The Morgan fingerprint density at radius 3 is 2.42 bits per heavy atom. The number of rotatable bonds is 3. The summed E-state index contributed by atoms with van der Waals surface area (Å²) in [6, 6.07) is 10.1. The van der Waals surface area contributed by atoms with Gasteiger partial charge >= 0.3 is 0 Å². The molecule has 0 fully saturated rings. The Morgan fingerprint density at radius 1 is 1.00 bits per heavy atom. The molecule has 2 aromatic carbocycles. The molecule has 2 rings (SSSR count). The second-order valence-corrected chi connectivity index (χ2v) is 4.87. The number of hydrogen-bond acceptors (Lipinski definition) is 3. The molecule has 0 aliphatic heterocycles. The van der Waals surface area contributed by atoms with Crippen molar-refractivity contribution >= 4 is 17.1 Å². The van der Waals surface area contributed by atoms with E-state index in [1.165, 1.54) is 11.1 Å². The van der Waals surface area contributed by atoms with Gasteiger partial charge in [-0.25, -0.2) is 0 Å². The lowest BCUT2D eigenvalue weighted by molar-refractivity contribution is 0.416. The van der Waals surface area contributed by atoms with Crippen molar-refractivity contribution in [2.45, 2.75) is 20.8 Å². The van der Waals surface area contributed by atoms with Crippen LogP contribution < -0.4 is 15.8 Å². The molecule has 19 heavy (non-hydrogen) atoms. The molecule has 0 aliphatic carbocycles. The molecule has 0 unspecified atom stereocenters. The molecule has 0 radical (unpaired) electrons. The quantitative estimate of drug-likeness (QED) is 0.817. The van der Waals surface area contributed by atoms with E-state index in [0.717, 1.165) is 28.4 Å². The number of benzene rings is 2. The van der Waals surface area contributed by atoms with Crippen molar-refractivity contribution in [1.82, 2.24) is 0 Å². The molecule has 3 N–H and O–H groups in total. The van der Waals surface area contributed by atoms with E-state index < -0.39 is 0 Å². The lowest BCUT2D eigenvalue weighted by Crippen LogP contribution is -2.01. The largest absolute Gasteiger partial charge is 0.495 e. The van der Waals surface area contributed by atoms with Crippen molar-refractivity contribution in [2.75, 3.05) is 18.2 Å². The van der Waals surface area contributed by atoms with Gasteiger partial charge in [0.2, 0.25) is 0 Å². The molecule has 0 heterocycles. The molecule has 0 amide bonds. The van der Waals surface area contributed by atoms with Gasteiger partial charge in [0.15, 0.2) is 0 Å². The Balaban J connectivity index is 2.46. The third-order valence-corrected chi connectivity index (χ3v) is 3.13. The summed E-state index contributed by atoms with van der Waals surface area (Å²) in [6.45, 7) is 6.16. The van der Waals surface area contributed by atoms with E-state index in [2.05, 4.69) is 25.2 Å². The molecule has 0 saturated heterocycles. The maximum Gasteiger partial charge on any atom is 0.142 e. The van der Waals surface area contributed by atoms with E-state index >= 15 is 0 Å². The van der Waals surface area contributed by atoms with Crippen LogP contribution in [0.1, 0.15) is 16.7 Å². The number of anilines is 3. The van der Waals surface area contributed by atoms with Crippen LogP contribution in [0.4, 0.5) is 17.1 Å². The zero-order valence-corrected chi connectivity index (χ0v) is 11.9. The Kier molecular flexibility index (Phi) is 3.65. The molecule has 0 aromatic heterocycles. The van der Waals surface area contributed by atoms with Gasteiger partial charge in [-0.2, -0.15) is 0 Å². The summed E-state index contributed by atoms with van der Waals surface area (Å²) >= 11 is 0. The molecule has 3 heteroatoms. The van der Waals surface area contributed by atoms with Crippen LogP contribution in [0.15, 0.2) is 30.3 Å². The van der Waals surface area contributed by atoms with Crippen LogP contribution in [0.25, 0.3) is 0 Å². The summed E-state index contributed by atoms with van der Waals surface area (Å²) in [4.78, 5) is 0. The maximum atomic E-state index is 6.01. The number of nitrogen functional groups attached to an aromatic ring is 1. The molecular formula is C16H20N2O. The summed E-state index contributed by atoms with van der Waals surface area (Å²) in [5, 5.41) is 3.38. The number of nitrogens with one attached hydrogen (secondary N) is 1. The van der Waals surface area contributed by atoms with Crippen LogP contribution in [0.3, 0.4) is 0 Å². The maximum absolute atomic E-state index is 6.01. The lowest BCUT2D eigenvalue weighted by atomic mass is 10.1. The van der Waals surface area contributed by atoms with E-state index in [1.54, 1.807) is 7.11 Å². The molecule has 0 saturated carbocycles. The molecule has 0 atom stereocenters. The van der Waals surface area contributed by atoms with E-state index in [9.17, 15) is 0 Å². The first-order chi connectivity index (χ1) is 9.01. The summed E-state index contributed by atoms with van der Waals surface area (Å²) in [7, 11) is 1.68. The second kappa shape index (κ2) is 5.22. The van der Waals surface area contributed by atoms with Crippen LogP contribution in [-0.2, 0) is 0 Å². The predicted molar refractivity (Wildman–Crippen MR) is 81.3 cm³/mol. The molecule has 100 valence electrons. The van der Waals surface area contributed by atoms with Gasteiger partial charge in [0.25, 0.3) is 0 Å². The smallest absolute Gasteiger partial charge is 0.142 e. The van der Waals surface area contributed by atoms with Crippen molar-refractivity contribution in [3.8, 4) is 5.75 Å². The molecule has 2 aromatic rings. The highest BCUT2D eigenvalue weighted by atomic mass is 16.5. The van der Waals surface area contributed by atoms with Crippen LogP contribution in [0, 0.1) is 20.8 Å². The first-order valence-electron chi connectivity index (χ1n) is 6.29. The fraction of sp³-hybridized carbons (Fsp3) is 0.250. The van der Waals surface area contributed by atoms with E-state index in [0.29, 0.717) is 0 Å². The normalized spacial score (nSPS) is 10.3. The van der Waals surface area contributed by atoms with E-state index in [4.69, 9.17) is 10.5 Å². The van der Waals surface area contributed by atoms with Crippen LogP contribution >= 0.6 is 0 Å². The monoisotopic (exact) mass is 256 g/mol. The van der Waals surface area contributed by atoms with Crippen molar-refractivity contribution in [1.29, 1.82) is 0 Å². The first-order valence-corrected chi connectivity index (χ1v) is 6.29. The molecule has 0 bridgehead atoms. The van der Waals surface area contributed by atoms with Crippen LogP contribution in [-0.4, -0.2) is 7.11 Å². The average molecular weight is 256 g/mol. The number of nitrogens with two attached hydrogens (primary N) is 1.